The smallest absolute Gasteiger partial charge is 0.309 e. The fourth-order valence-corrected chi connectivity index (χ4v) is 2.84. The quantitative estimate of drug-likeness (QED) is 0.647. The number of carbonyl (C=O) groups is 1. The molecule has 1 saturated heterocycles. The van der Waals surface area contributed by atoms with E-state index < -0.39 is 5.60 Å². The number of cyclic esters (lactones) is 1. The standard InChI is InChI=1S/C17H24O4/c1-3-15-13(2)17(19,11-16(18)21-15)9-10-20-12-14-7-5-4-6-8-14/h4-8,13,15,19H,3,9-12H2,1-2H3/t13-,15-,17+/m0/s1. The lowest BCUT2D eigenvalue weighted by atomic mass is 9.77. The molecule has 0 saturated carbocycles. The first-order chi connectivity index (χ1) is 10.0. The van der Waals surface area contributed by atoms with Gasteiger partial charge in [-0.05, 0) is 12.0 Å². The number of hydrogen-bond acceptors (Lipinski definition) is 4. The van der Waals surface area contributed by atoms with Crippen molar-refractivity contribution in [2.45, 2.75) is 51.4 Å². The molecule has 4 nitrogen and oxygen atoms in total. The number of rotatable bonds is 6. The molecule has 21 heavy (non-hydrogen) atoms. The Morgan fingerprint density at radius 1 is 1.38 bits per heavy atom. The minimum Gasteiger partial charge on any atom is -0.462 e. The van der Waals surface area contributed by atoms with Crippen LogP contribution in [0.3, 0.4) is 0 Å². The van der Waals surface area contributed by atoms with Crippen molar-refractivity contribution in [2.24, 2.45) is 5.92 Å². The van der Waals surface area contributed by atoms with Gasteiger partial charge in [-0.3, -0.25) is 4.79 Å². The van der Waals surface area contributed by atoms with Crippen LogP contribution in [0.4, 0.5) is 0 Å². The summed E-state index contributed by atoms with van der Waals surface area (Å²) in [5.74, 6) is -0.383. The maximum Gasteiger partial charge on any atom is 0.309 e. The van der Waals surface area contributed by atoms with E-state index in [9.17, 15) is 9.90 Å². The zero-order valence-electron chi connectivity index (χ0n) is 12.7. The molecule has 1 aliphatic rings. The van der Waals surface area contributed by atoms with Crippen LogP contribution in [0.25, 0.3) is 0 Å². The monoisotopic (exact) mass is 292 g/mol. The molecule has 1 N–H and O–H groups in total. The summed E-state index contributed by atoms with van der Waals surface area (Å²) in [6.45, 7) is 4.86. The van der Waals surface area contributed by atoms with Crippen molar-refractivity contribution in [3.05, 3.63) is 35.9 Å². The van der Waals surface area contributed by atoms with Gasteiger partial charge in [0, 0.05) is 18.9 Å². The first-order valence-corrected chi connectivity index (χ1v) is 7.58. The van der Waals surface area contributed by atoms with Gasteiger partial charge in [-0.1, -0.05) is 44.2 Å². The maximum absolute atomic E-state index is 11.6. The highest BCUT2D eigenvalue weighted by Gasteiger charge is 2.45. The van der Waals surface area contributed by atoms with Crippen molar-refractivity contribution < 1.29 is 19.4 Å². The number of aliphatic hydroxyl groups is 1. The molecule has 0 radical (unpaired) electrons. The Balaban J connectivity index is 1.84. The Hall–Kier alpha value is -1.39. The molecule has 0 amide bonds. The van der Waals surface area contributed by atoms with Crippen LogP contribution in [0.2, 0.25) is 0 Å². The van der Waals surface area contributed by atoms with Crippen LogP contribution in [0, 0.1) is 5.92 Å². The van der Waals surface area contributed by atoms with E-state index in [0.717, 1.165) is 12.0 Å². The molecule has 4 heteroatoms. The lowest BCUT2D eigenvalue weighted by Crippen LogP contribution is -2.51. The highest BCUT2D eigenvalue weighted by molar-refractivity contribution is 5.72. The number of carbonyl (C=O) groups excluding carboxylic acids is 1. The minimum atomic E-state index is -1.02. The minimum absolute atomic E-state index is 0.0549. The van der Waals surface area contributed by atoms with Crippen molar-refractivity contribution >= 4 is 5.97 Å². The third kappa shape index (κ3) is 4.05. The van der Waals surface area contributed by atoms with E-state index in [4.69, 9.17) is 9.47 Å². The largest absolute Gasteiger partial charge is 0.462 e. The summed E-state index contributed by atoms with van der Waals surface area (Å²) in [4.78, 5) is 11.6. The van der Waals surface area contributed by atoms with Gasteiger partial charge in [0.2, 0.25) is 0 Å². The second kappa shape index (κ2) is 7.05. The summed E-state index contributed by atoms with van der Waals surface area (Å²) >= 11 is 0. The summed E-state index contributed by atoms with van der Waals surface area (Å²) in [6, 6.07) is 9.91. The van der Waals surface area contributed by atoms with Crippen molar-refractivity contribution in [3.8, 4) is 0 Å². The van der Waals surface area contributed by atoms with Gasteiger partial charge in [-0.2, -0.15) is 0 Å². The van der Waals surface area contributed by atoms with Crippen LogP contribution in [0.1, 0.15) is 38.7 Å². The Bertz CT molecular complexity index is 459. The lowest BCUT2D eigenvalue weighted by Gasteiger charge is -2.41. The number of hydrogen-bond donors (Lipinski definition) is 1. The van der Waals surface area contributed by atoms with Gasteiger partial charge in [0.25, 0.3) is 0 Å². The first kappa shape index (κ1) is 16.0. The summed E-state index contributed by atoms with van der Waals surface area (Å²) < 4.78 is 10.9. The maximum atomic E-state index is 11.6. The molecule has 0 unspecified atom stereocenters. The summed E-state index contributed by atoms with van der Waals surface area (Å²) in [6.07, 6.45) is 1.02. The molecule has 0 aliphatic carbocycles. The van der Waals surface area contributed by atoms with E-state index in [1.54, 1.807) is 0 Å². The Morgan fingerprint density at radius 2 is 2.10 bits per heavy atom. The van der Waals surface area contributed by atoms with E-state index in [1.165, 1.54) is 0 Å². The fraction of sp³-hybridized carbons (Fsp3) is 0.588. The molecule has 0 spiro atoms. The van der Waals surface area contributed by atoms with Crippen LogP contribution in [-0.4, -0.2) is 29.4 Å². The van der Waals surface area contributed by atoms with Gasteiger partial charge in [0.15, 0.2) is 0 Å². The highest BCUT2D eigenvalue weighted by Crippen LogP contribution is 2.35. The number of ether oxygens (including phenoxy) is 2. The summed E-state index contributed by atoms with van der Waals surface area (Å²) in [5.41, 5.74) is 0.0826. The third-order valence-electron chi connectivity index (χ3n) is 4.33. The Morgan fingerprint density at radius 3 is 2.76 bits per heavy atom. The van der Waals surface area contributed by atoms with E-state index in [-0.39, 0.29) is 24.4 Å². The van der Waals surface area contributed by atoms with Crippen LogP contribution in [-0.2, 0) is 20.9 Å². The van der Waals surface area contributed by atoms with Crippen molar-refractivity contribution in [2.75, 3.05) is 6.61 Å². The topological polar surface area (TPSA) is 55.8 Å². The van der Waals surface area contributed by atoms with Crippen molar-refractivity contribution in [1.29, 1.82) is 0 Å². The van der Waals surface area contributed by atoms with Crippen molar-refractivity contribution in [1.82, 2.24) is 0 Å². The zero-order chi connectivity index (χ0) is 15.3. The average molecular weight is 292 g/mol. The van der Waals surface area contributed by atoms with E-state index in [2.05, 4.69) is 0 Å². The lowest BCUT2D eigenvalue weighted by molar-refractivity contribution is -0.186. The van der Waals surface area contributed by atoms with Gasteiger partial charge >= 0.3 is 5.97 Å². The molecule has 1 aliphatic heterocycles. The van der Waals surface area contributed by atoms with Gasteiger partial charge in [-0.25, -0.2) is 0 Å². The molecule has 1 heterocycles. The van der Waals surface area contributed by atoms with Gasteiger partial charge in [0.05, 0.1) is 18.6 Å². The zero-order valence-corrected chi connectivity index (χ0v) is 12.7. The Kier molecular flexibility index (Phi) is 5.37. The molecule has 116 valence electrons. The predicted molar refractivity (Wildman–Crippen MR) is 79.6 cm³/mol. The second-order valence-electron chi connectivity index (χ2n) is 5.79. The van der Waals surface area contributed by atoms with Gasteiger partial charge in [0.1, 0.15) is 6.10 Å². The number of esters is 1. The normalized spacial score (nSPS) is 29.2. The molecular formula is C17H24O4. The molecule has 2 rings (SSSR count). The average Bonchev–Trinajstić information content (AvgIpc) is 2.48. The van der Waals surface area contributed by atoms with Gasteiger partial charge < -0.3 is 14.6 Å². The molecular weight excluding hydrogens is 268 g/mol. The van der Waals surface area contributed by atoms with Crippen molar-refractivity contribution in [3.63, 3.8) is 0 Å². The van der Waals surface area contributed by atoms with Crippen LogP contribution in [0.5, 0.6) is 0 Å². The SMILES string of the molecule is CC[C@@H]1OC(=O)C[C@](O)(CCOCc2ccccc2)[C@H]1C. The molecule has 0 aromatic heterocycles. The van der Waals surface area contributed by atoms with Crippen LogP contribution in [0.15, 0.2) is 30.3 Å². The molecule has 0 bridgehead atoms. The Labute approximate surface area is 126 Å². The summed E-state index contributed by atoms with van der Waals surface area (Å²) in [7, 11) is 0. The molecule has 1 fully saturated rings. The van der Waals surface area contributed by atoms with E-state index >= 15 is 0 Å². The molecule has 1 aromatic rings. The van der Waals surface area contributed by atoms with E-state index in [0.29, 0.717) is 19.6 Å². The third-order valence-corrected chi connectivity index (χ3v) is 4.33. The highest BCUT2D eigenvalue weighted by atomic mass is 16.5. The van der Waals surface area contributed by atoms with Gasteiger partial charge in [-0.15, -0.1) is 0 Å². The summed E-state index contributed by atoms with van der Waals surface area (Å²) in [5, 5.41) is 10.7. The second-order valence-corrected chi connectivity index (χ2v) is 5.79. The number of benzene rings is 1. The van der Waals surface area contributed by atoms with E-state index in [1.807, 2.05) is 44.2 Å². The first-order valence-electron chi connectivity index (χ1n) is 7.58. The molecule has 3 atom stereocenters. The predicted octanol–water partition coefficient (Wildman–Crippen LogP) is 2.69. The molecule has 1 aromatic carbocycles. The van der Waals surface area contributed by atoms with Crippen LogP contribution >= 0.6 is 0 Å². The van der Waals surface area contributed by atoms with Crippen LogP contribution < -0.4 is 0 Å². The fourth-order valence-electron chi connectivity index (χ4n) is 2.84.